The molecule has 20 heavy (non-hydrogen) atoms. The fourth-order valence-corrected chi connectivity index (χ4v) is 5.34. The summed E-state index contributed by atoms with van der Waals surface area (Å²) in [5.41, 5.74) is 0.996. The minimum atomic E-state index is -3.51. The van der Waals surface area contributed by atoms with Gasteiger partial charge in [-0.15, -0.1) is 0 Å². The lowest BCUT2D eigenvalue weighted by atomic mass is 10.2. The molecule has 0 radical (unpaired) electrons. The molecule has 114 valence electrons. The van der Waals surface area contributed by atoms with E-state index < -0.39 is 10.0 Å². The van der Waals surface area contributed by atoms with E-state index in [9.17, 15) is 8.42 Å². The van der Waals surface area contributed by atoms with Crippen molar-refractivity contribution in [1.29, 1.82) is 0 Å². The lowest BCUT2D eigenvalue weighted by Crippen LogP contribution is -2.39. The van der Waals surface area contributed by atoms with Crippen LogP contribution in [0.25, 0.3) is 0 Å². The van der Waals surface area contributed by atoms with Crippen molar-refractivity contribution in [2.75, 3.05) is 6.54 Å². The summed E-state index contributed by atoms with van der Waals surface area (Å²) in [7, 11) is -3.51. The number of hydrogen-bond acceptors (Lipinski definition) is 2. The van der Waals surface area contributed by atoms with Gasteiger partial charge in [0.1, 0.15) is 0 Å². The van der Waals surface area contributed by atoms with E-state index in [0.29, 0.717) is 15.9 Å². The Hall–Kier alpha value is 0.0900. The van der Waals surface area contributed by atoms with Crippen LogP contribution in [0.15, 0.2) is 26.0 Å². The van der Waals surface area contributed by atoms with Crippen molar-refractivity contribution in [3.63, 3.8) is 0 Å². The van der Waals surface area contributed by atoms with Gasteiger partial charge in [-0.25, -0.2) is 8.42 Å². The highest BCUT2D eigenvalue weighted by Gasteiger charge is 2.29. The second-order valence-corrected chi connectivity index (χ2v) is 9.16. The van der Waals surface area contributed by atoms with Crippen LogP contribution in [-0.2, 0) is 10.0 Å². The molecule has 6 heteroatoms. The van der Waals surface area contributed by atoms with Crippen LogP contribution in [0.1, 0.15) is 33.3 Å². The lowest BCUT2D eigenvalue weighted by molar-refractivity contribution is 0.318. The van der Waals surface area contributed by atoms with Gasteiger partial charge >= 0.3 is 0 Å². The maximum absolute atomic E-state index is 12.9. The van der Waals surface area contributed by atoms with E-state index in [0.717, 1.165) is 10.0 Å². The summed E-state index contributed by atoms with van der Waals surface area (Å²) in [5.74, 6) is 0.278. The fourth-order valence-electron chi connectivity index (χ4n) is 1.90. The molecule has 0 aliphatic carbocycles. The van der Waals surface area contributed by atoms with Crippen LogP contribution in [0.3, 0.4) is 0 Å². The first-order valence-electron chi connectivity index (χ1n) is 6.54. The third-order valence-electron chi connectivity index (χ3n) is 2.92. The summed E-state index contributed by atoms with van der Waals surface area (Å²) in [6.07, 6.45) is 0. The Morgan fingerprint density at radius 1 is 1.10 bits per heavy atom. The molecule has 0 heterocycles. The van der Waals surface area contributed by atoms with E-state index in [4.69, 9.17) is 0 Å². The van der Waals surface area contributed by atoms with Crippen LogP contribution in [0.2, 0.25) is 0 Å². The van der Waals surface area contributed by atoms with Crippen molar-refractivity contribution in [2.45, 2.75) is 45.6 Å². The first kappa shape index (κ1) is 18.1. The number of halogens is 2. The SMILES string of the molecule is Cc1cc(Br)c(S(=O)(=O)N(CC(C)C)C(C)C)cc1Br. The van der Waals surface area contributed by atoms with Gasteiger partial charge in [0.2, 0.25) is 10.0 Å². The maximum atomic E-state index is 12.9. The van der Waals surface area contributed by atoms with Crippen molar-refractivity contribution in [3.8, 4) is 0 Å². The first-order chi connectivity index (χ1) is 9.07. The summed E-state index contributed by atoms with van der Waals surface area (Å²) in [6, 6.07) is 3.42. The molecule has 1 rings (SSSR count). The molecule has 0 atom stereocenters. The van der Waals surface area contributed by atoms with Crippen LogP contribution in [0, 0.1) is 12.8 Å². The van der Waals surface area contributed by atoms with E-state index in [1.54, 1.807) is 10.4 Å². The molecule has 0 saturated carbocycles. The van der Waals surface area contributed by atoms with E-state index in [-0.39, 0.29) is 12.0 Å². The summed E-state index contributed by atoms with van der Waals surface area (Å²) in [6.45, 7) is 10.3. The summed E-state index contributed by atoms with van der Waals surface area (Å²) in [4.78, 5) is 0.310. The molecule has 0 aliphatic rings. The first-order valence-corrected chi connectivity index (χ1v) is 9.57. The molecular formula is C14H21Br2NO2S. The molecule has 0 bridgehead atoms. The van der Waals surface area contributed by atoms with Gasteiger partial charge in [-0.1, -0.05) is 29.8 Å². The van der Waals surface area contributed by atoms with Crippen molar-refractivity contribution in [1.82, 2.24) is 4.31 Å². The second kappa shape index (κ2) is 6.90. The predicted octanol–water partition coefficient (Wildman–Crippen LogP) is 4.58. The highest BCUT2D eigenvalue weighted by atomic mass is 79.9. The number of hydrogen-bond donors (Lipinski definition) is 0. The van der Waals surface area contributed by atoms with Crippen molar-refractivity contribution in [2.24, 2.45) is 5.92 Å². The van der Waals surface area contributed by atoms with Crippen LogP contribution in [-0.4, -0.2) is 25.3 Å². The Balaban J connectivity index is 3.37. The Kier molecular flexibility index (Phi) is 6.26. The number of nitrogens with zero attached hydrogens (tertiary/aromatic N) is 1. The Morgan fingerprint density at radius 2 is 1.65 bits per heavy atom. The molecule has 0 aromatic heterocycles. The van der Waals surface area contributed by atoms with Crippen molar-refractivity contribution in [3.05, 3.63) is 26.6 Å². The van der Waals surface area contributed by atoms with E-state index in [1.165, 1.54) is 0 Å². The zero-order valence-electron chi connectivity index (χ0n) is 12.4. The van der Waals surface area contributed by atoms with Crippen molar-refractivity contribution < 1.29 is 8.42 Å². The van der Waals surface area contributed by atoms with Gasteiger partial charge in [0, 0.05) is 21.5 Å². The fraction of sp³-hybridized carbons (Fsp3) is 0.571. The number of benzene rings is 1. The maximum Gasteiger partial charge on any atom is 0.244 e. The van der Waals surface area contributed by atoms with Crippen LogP contribution >= 0.6 is 31.9 Å². The minimum absolute atomic E-state index is 0.0746. The Morgan fingerprint density at radius 3 is 2.10 bits per heavy atom. The number of aryl methyl sites for hydroxylation is 1. The zero-order valence-corrected chi connectivity index (χ0v) is 16.4. The standard InChI is InChI=1S/C14H21Br2NO2S/c1-9(2)8-17(10(3)4)20(18,19)14-7-12(15)11(5)6-13(14)16/h6-7,9-10H,8H2,1-5H3. The molecular weight excluding hydrogens is 406 g/mol. The van der Waals surface area contributed by atoms with Gasteiger partial charge in [-0.3, -0.25) is 0 Å². The third-order valence-corrected chi connectivity index (χ3v) is 6.78. The molecule has 3 nitrogen and oxygen atoms in total. The molecule has 0 spiro atoms. The largest absolute Gasteiger partial charge is 0.244 e. The molecule has 0 saturated heterocycles. The quantitative estimate of drug-likeness (QED) is 0.691. The monoisotopic (exact) mass is 425 g/mol. The van der Waals surface area contributed by atoms with Gasteiger partial charge in [-0.2, -0.15) is 4.31 Å². The molecule has 0 unspecified atom stereocenters. The highest BCUT2D eigenvalue weighted by Crippen LogP contribution is 2.31. The Labute approximate surface area is 139 Å². The molecule has 1 aromatic carbocycles. The average molecular weight is 427 g/mol. The summed E-state index contributed by atoms with van der Waals surface area (Å²) >= 11 is 6.78. The highest BCUT2D eigenvalue weighted by molar-refractivity contribution is 9.11. The van der Waals surface area contributed by atoms with Gasteiger partial charge in [0.15, 0.2) is 0 Å². The van der Waals surface area contributed by atoms with Crippen LogP contribution in [0.4, 0.5) is 0 Å². The summed E-state index contributed by atoms with van der Waals surface area (Å²) in [5, 5.41) is 0. The van der Waals surface area contributed by atoms with Gasteiger partial charge in [0.05, 0.1) is 4.90 Å². The van der Waals surface area contributed by atoms with Crippen molar-refractivity contribution >= 4 is 41.9 Å². The van der Waals surface area contributed by atoms with E-state index in [2.05, 4.69) is 31.9 Å². The smallest absolute Gasteiger partial charge is 0.207 e. The van der Waals surface area contributed by atoms with Gasteiger partial charge < -0.3 is 0 Å². The second-order valence-electron chi connectivity index (χ2n) is 5.59. The summed E-state index contributed by atoms with van der Waals surface area (Å²) < 4.78 is 28.7. The molecule has 0 fully saturated rings. The van der Waals surface area contributed by atoms with Crippen LogP contribution < -0.4 is 0 Å². The zero-order chi connectivity index (χ0) is 15.7. The molecule has 0 amide bonds. The average Bonchev–Trinajstić information content (AvgIpc) is 2.29. The van der Waals surface area contributed by atoms with Crippen LogP contribution in [0.5, 0.6) is 0 Å². The Bertz CT molecular complexity index is 583. The molecule has 0 aliphatic heterocycles. The van der Waals surface area contributed by atoms with Gasteiger partial charge in [-0.05, 0) is 60.3 Å². The van der Waals surface area contributed by atoms with E-state index in [1.807, 2.05) is 40.7 Å². The predicted molar refractivity (Wildman–Crippen MR) is 90.4 cm³/mol. The molecule has 1 aromatic rings. The normalized spacial score (nSPS) is 12.7. The third kappa shape index (κ3) is 4.06. The molecule has 0 N–H and O–H groups in total. The van der Waals surface area contributed by atoms with Gasteiger partial charge in [0.25, 0.3) is 0 Å². The van der Waals surface area contributed by atoms with E-state index >= 15 is 0 Å². The topological polar surface area (TPSA) is 37.4 Å². The number of sulfonamides is 1. The number of rotatable bonds is 5. The lowest BCUT2D eigenvalue weighted by Gasteiger charge is -2.28. The minimum Gasteiger partial charge on any atom is -0.207 e.